The fourth-order valence-corrected chi connectivity index (χ4v) is 3.04. The first-order valence-electron chi connectivity index (χ1n) is 7.72. The van der Waals surface area contributed by atoms with Crippen LogP contribution in [0.4, 0.5) is 0 Å². The molecule has 0 radical (unpaired) electrons. The minimum atomic E-state index is 0.164. The zero-order valence-corrected chi connectivity index (χ0v) is 13.7. The van der Waals surface area contributed by atoms with Gasteiger partial charge in [0, 0.05) is 11.1 Å². The topological polar surface area (TPSA) is 17.1 Å². The maximum absolute atomic E-state index is 13.0. The smallest absolute Gasteiger partial charge is 0.193 e. The number of carbonyl (C=O) groups excluding carboxylic acids is 1. The van der Waals surface area contributed by atoms with Crippen LogP contribution in [0.5, 0.6) is 0 Å². The molecule has 2 rings (SSSR count). The second kappa shape index (κ2) is 6.26. The molecule has 0 aromatic heterocycles. The van der Waals surface area contributed by atoms with Gasteiger partial charge in [0.1, 0.15) is 0 Å². The number of hydrogen-bond donors (Lipinski definition) is 0. The second-order valence-corrected chi connectivity index (χ2v) is 5.80. The van der Waals surface area contributed by atoms with Crippen molar-refractivity contribution in [1.82, 2.24) is 0 Å². The van der Waals surface area contributed by atoms with Gasteiger partial charge in [0.25, 0.3) is 0 Å². The Morgan fingerprint density at radius 1 is 0.905 bits per heavy atom. The van der Waals surface area contributed by atoms with Crippen molar-refractivity contribution in [3.05, 3.63) is 69.3 Å². The first-order valence-corrected chi connectivity index (χ1v) is 7.72. The van der Waals surface area contributed by atoms with Crippen LogP contribution in [0.25, 0.3) is 0 Å². The van der Waals surface area contributed by atoms with Gasteiger partial charge in [-0.25, -0.2) is 0 Å². The molecular formula is C20H24O. The number of hydrogen-bond acceptors (Lipinski definition) is 1. The number of aryl methyl sites for hydroxylation is 5. The molecule has 2 aromatic rings. The van der Waals surface area contributed by atoms with Crippen LogP contribution in [0.1, 0.15) is 57.6 Å². The molecule has 0 aliphatic rings. The third-order valence-electron chi connectivity index (χ3n) is 4.11. The molecule has 0 saturated heterocycles. The standard InChI is InChI=1S/C20H24O/c1-6-16-8-9-17(7-2)18(12-16)20(21)19-14(4)10-13(3)11-15(19)5/h8-12H,6-7H2,1-5H3. The number of rotatable bonds is 4. The van der Waals surface area contributed by atoms with Gasteiger partial charge in [0.05, 0.1) is 0 Å². The molecule has 0 N–H and O–H groups in total. The van der Waals surface area contributed by atoms with Crippen molar-refractivity contribution in [1.29, 1.82) is 0 Å². The van der Waals surface area contributed by atoms with Gasteiger partial charge in [0.2, 0.25) is 0 Å². The molecule has 0 heterocycles. The van der Waals surface area contributed by atoms with Crippen LogP contribution in [0, 0.1) is 20.8 Å². The van der Waals surface area contributed by atoms with E-state index in [2.05, 4.69) is 51.1 Å². The second-order valence-electron chi connectivity index (χ2n) is 5.80. The zero-order valence-electron chi connectivity index (χ0n) is 13.7. The highest BCUT2D eigenvalue weighted by atomic mass is 16.1. The summed E-state index contributed by atoms with van der Waals surface area (Å²) in [6.45, 7) is 10.4. The summed E-state index contributed by atoms with van der Waals surface area (Å²) in [4.78, 5) is 13.0. The van der Waals surface area contributed by atoms with Crippen molar-refractivity contribution in [3.63, 3.8) is 0 Å². The Hall–Kier alpha value is -1.89. The van der Waals surface area contributed by atoms with E-state index in [4.69, 9.17) is 0 Å². The van der Waals surface area contributed by atoms with Gasteiger partial charge in [-0.2, -0.15) is 0 Å². The molecule has 0 atom stereocenters. The Labute approximate surface area is 128 Å². The lowest BCUT2D eigenvalue weighted by molar-refractivity contribution is 0.103. The third kappa shape index (κ3) is 3.07. The highest BCUT2D eigenvalue weighted by Crippen LogP contribution is 2.23. The van der Waals surface area contributed by atoms with E-state index in [1.165, 1.54) is 11.1 Å². The molecule has 1 heteroatoms. The van der Waals surface area contributed by atoms with E-state index in [1.807, 2.05) is 13.8 Å². The van der Waals surface area contributed by atoms with Crippen molar-refractivity contribution < 1.29 is 4.79 Å². The summed E-state index contributed by atoms with van der Waals surface area (Å²) < 4.78 is 0. The SMILES string of the molecule is CCc1ccc(CC)c(C(=O)c2c(C)cc(C)cc2C)c1. The minimum absolute atomic E-state index is 0.164. The van der Waals surface area contributed by atoms with Crippen LogP contribution in [0.3, 0.4) is 0 Å². The summed E-state index contributed by atoms with van der Waals surface area (Å²) in [5.41, 5.74) is 7.44. The maximum Gasteiger partial charge on any atom is 0.193 e. The van der Waals surface area contributed by atoms with Crippen molar-refractivity contribution >= 4 is 5.78 Å². The molecule has 0 bridgehead atoms. The van der Waals surface area contributed by atoms with Crippen LogP contribution in [0.15, 0.2) is 30.3 Å². The van der Waals surface area contributed by atoms with Crippen LogP contribution in [-0.4, -0.2) is 5.78 Å². The van der Waals surface area contributed by atoms with E-state index < -0.39 is 0 Å². The first kappa shape index (κ1) is 15.5. The van der Waals surface area contributed by atoms with Gasteiger partial charge in [-0.1, -0.05) is 43.7 Å². The van der Waals surface area contributed by atoms with Gasteiger partial charge in [0.15, 0.2) is 5.78 Å². The zero-order chi connectivity index (χ0) is 15.6. The highest BCUT2D eigenvalue weighted by Gasteiger charge is 2.17. The largest absolute Gasteiger partial charge is 0.289 e. The van der Waals surface area contributed by atoms with E-state index in [-0.39, 0.29) is 5.78 Å². The molecule has 0 aliphatic heterocycles. The average Bonchev–Trinajstić information content (AvgIpc) is 2.45. The van der Waals surface area contributed by atoms with Crippen LogP contribution in [-0.2, 0) is 12.8 Å². The molecule has 0 fully saturated rings. The molecular weight excluding hydrogens is 256 g/mol. The molecule has 0 spiro atoms. The molecule has 0 aliphatic carbocycles. The summed E-state index contributed by atoms with van der Waals surface area (Å²) in [6, 6.07) is 10.5. The van der Waals surface area contributed by atoms with Gasteiger partial charge < -0.3 is 0 Å². The summed E-state index contributed by atoms with van der Waals surface area (Å²) in [5.74, 6) is 0.164. The Kier molecular flexibility index (Phi) is 4.62. The fraction of sp³-hybridized carbons (Fsp3) is 0.350. The summed E-state index contributed by atoms with van der Waals surface area (Å²) >= 11 is 0. The maximum atomic E-state index is 13.0. The monoisotopic (exact) mass is 280 g/mol. The van der Waals surface area contributed by atoms with Gasteiger partial charge >= 0.3 is 0 Å². The van der Waals surface area contributed by atoms with E-state index in [9.17, 15) is 4.79 Å². The summed E-state index contributed by atoms with van der Waals surface area (Å²) in [7, 11) is 0. The van der Waals surface area contributed by atoms with Crippen LogP contribution in [0.2, 0.25) is 0 Å². The third-order valence-corrected chi connectivity index (χ3v) is 4.11. The average molecular weight is 280 g/mol. The summed E-state index contributed by atoms with van der Waals surface area (Å²) in [6.07, 6.45) is 1.84. The predicted molar refractivity (Wildman–Crippen MR) is 89.3 cm³/mol. The first-order chi connectivity index (χ1) is 9.97. The molecule has 110 valence electrons. The van der Waals surface area contributed by atoms with Gasteiger partial charge in [-0.3, -0.25) is 4.79 Å². The fourth-order valence-electron chi connectivity index (χ4n) is 3.04. The Morgan fingerprint density at radius 2 is 1.52 bits per heavy atom. The van der Waals surface area contributed by atoms with Gasteiger partial charge in [-0.15, -0.1) is 0 Å². The van der Waals surface area contributed by atoms with Crippen molar-refractivity contribution in [3.8, 4) is 0 Å². The van der Waals surface area contributed by atoms with E-state index in [0.717, 1.165) is 40.7 Å². The van der Waals surface area contributed by atoms with Gasteiger partial charge in [-0.05, 0) is 61.9 Å². The number of benzene rings is 2. The lowest BCUT2D eigenvalue weighted by Crippen LogP contribution is -2.10. The molecule has 21 heavy (non-hydrogen) atoms. The molecule has 0 amide bonds. The van der Waals surface area contributed by atoms with Crippen LogP contribution < -0.4 is 0 Å². The van der Waals surface area contributed by atoms with Crippen molar-refractivity contribution in [2.24, 2.45) is 0 Å². The number of ketones is 1. The lowest BCUT2D eigenvalue weighted by atomic mass is 9.89. The summed E-state index contributed by atoms with van der Waals surface area (Å²) in [5, 5.41) is 0. The Balaban J connectivity index is 2.59. The lowest BCUT2D eigenvalue weighted by Gasteiger charge is -2.14. The van der Waals surface area contributed by atoms with Crippen molar-refractivity contribution in [2.45, 2.75) is 47.5 Å². The normalized spacial score (nSPS) is 10.7. The highest BCUT2D eigenvalue weighted by molar-refractivity contribution is 6.11. The molecule has 1 nitrogen and oxygen atoms in total. The van der Waals surface area contributed by atoms with E-state index >= 15 is 0 Å². The minimum Gasteiger partial charge on any atom is -0.289 e. The number of carbonyl (C=O) groups is 1. The molecule has 0 saturated carbocycles. The van der Waals surface area contributed by atoms with Crippen molar-refractivity contribution in [2.75, 3.05) is 0 Å². The predicted octanol–water partition coefficient (Wildman–Crippen LogP) is 4.97. The quantitative estimate of drug-likeness (QED) is 0.723. The van der Waals surface area contributed by atoms with E-state index in [0.29, 0.717) is 0 Å². The Morgan fingerprint density at radius 3 is 2.05 bits per heavy atom. The Bertz CT molecular complexity index is 657. The van der Waals surface area contributed by atoms with Crippen LogP contribution >= 0.6 is 0 Å². The molecule has 2 aromatic carbocycles. The van der Waals surface area contributed by atoms with E-state index in [1.54, 1.807) is 0 Å². The molecule has 0 unspecified atom stereocenters.